The lowest BCUT2D eigenvalue weighted by Crippen LogP contribution is -2.22. The van der Waals surface area contributed by atoms with Crippen molar-refractivity contribution in [3.05, 3.63) is 34.4 Å². The molecule has 4 unspecified atom stereocenters. The summed E-state index contributed by atoms with van der Waals surface area (Å²) in [5, 5.41) is 38.3. The standard InChI is InChI=1S/C40H66O8S2/c1-5-9-11-13-15-17-19-21-23-25-33(38(43)44)49-31(7-3)29-27-28-30(37(41)42)36(40(47)48)35(29)32(8-4)50-34(39(45)46)26-24-22-20-18-16-14-12-10-6-2/h27-28,31-34H,5-26H2,1-4H3,(H,41,42)(H,43,44)(H,45,46)(H,47,48). The smallest absolute Gasteiger partial charge is 0.336 e. The van der Waals surface area contributed by atoms with Gasteiger partial charge in [0.2, 0.25) is 0 Å². The van der Waals surface area contributed by atoms with E-state index in [0.717, 1.165) is 51.4 Å². The van der Waals surface area contributed by atoms with Crippen LogP contribution in [-0.4, -0.2) is 54.8 Å². The lowest BCUT2D eigenvalue weighted by atomic mass is 9.90. The molecule has 0 fully saturated rings. The third kappa shape index (κ3) is 17.3. The van der Waals surface area contributed by atoms with E-state index >= 15 is 0 Å². The molecule has 0 spiro atoms. The minimum Gasteiger partial charge on any atom is -0.480 e. The molecule has 0 heterocycles. The first-order chi connectivity index (χ1) is 24.0. The Morgan fingerprint density at radius 3 is 1.24 bits per heavy atom. The van der Waals surface area contributed by atoms with Gasteiger partial charge in [0.25, 0.3) is 0 Å². The molecule has 0 amide bonds. The van der Waals surface area contributed by atoms with E-state index < -0.39 is 44.9 Å². The molecule has 8 nitrogen and oxygen atoms in total. The molecule has 0 aromatic heterocycles. The maximum absolute atomic E-state index is 12.7. The predicted octanol–water partition coefficient (Wildman–Crippen LogP) is 12.2. The molecule has 4 atom stereocenters. The third-order valence-corrected chi connectivity index (χ3v) is 12.8. The van der Waals surface area contributed by atoms with Gasteiger partial charge in [0.05, 0.1) is 11.1 Å². The Labute approximate surface area is 310 Å². The minimum absolute atomic E-state index is 0.315. The van der Waals surface area contributed by atoms with Gasteiger partial charge in [0, 0.05) is 10.5 Å². The number of hydrogen-bond acceptors (Lipinski definition) is 6. The van der Waals surface area contributed by atoms with Crippen molar-refractivity contribution in [3.63, 3.8) is 0 Å². The fraction of sp³-hybridized carbons (Fsp3) is 0.750. The Morgan fingerprint density at radius 1 is 0.520 bits per heavy atom. The number of carbonyl (C=O) groups is 4. The molecule has 0 bridgehead atoms. The van der Waals surface area contributed by atoms with Crippen LogP contribution in [0, 0.1) is 0 Å². The lowest BCUT2D eigenvalue weighted by Gasteiger charge is -2.29. The second kappa shape index (κ2) is 27.5. The first-order valence-electron chi connectivity index (χ1n) is 19.4. The van der Waals surface area contributed by atoms with Crippen LogP contribution in [0.3, 0.4) is 0 Å². The zero-order valence-electron chi connectivity index (χ0n) is 31.3. The quantitative estimate of drug-likeness (QED) is 0.0526. The molecule has 0 aliphatic heterocycles. The van der Waals surface area contributed by atoms with Gasteiger partial charge in [-0.15, -0.1) is 23.5 Å². The summed E-state index contributed by atoms with van der Waals surface area (Å²) in [4.78, 5) is 49.9. The highest BCUT2D eigenvalue weighted by atomic mass is 32.2. The van der Waals surface area contributed by atoms with E-state index in [4.69, 9.17) is 0 Å². The van der Waals surface area contributed by atoms with Gasteiger partial charge < -0.3 is 20.4 Å². The van der Waals surface area contributed by atoms with Crippen molar-refractivity contribution in [1.29, 1.82) is 0 Å². The predicted molar refractivity (Wildman–Crippen MR) is 208 cm³/mol. The number of carboxylic acid groups (broad SMARTS) is 4. The van der Waals surface area contributed by atoms with E-state index in [2.05, 4.69) is 13.8 Å². The number of thioether (sulfide) groups is 2. The second-order valence-electron chi connectivity index (χ2n) is 13.6. The molecule has 286 valence electrons. The van der Waals surface area contributed by atoms with Gasteiger partial charge in [-0.3, -0.25) is 9.59 Å². The summed E-state index contributed by atoms with van der Waals surface area (Å²) in [5.74, 6) is -4.62. The molecular formula is C40H66O8S2. The van der Waals surface area contributed by atoms with Crippen molar-refractivity contribution in [3.8, 4) is 0 Å². The molecule has 0 saturated carbocycles. The molecule has 0 radical (unpaired) electrons. The van der Waals surface area contributed by atoms with E-state index in [-0.39, 0.29) is 11.1 Å². The Balaban J connectivity index is 3.20. The number of unbranched alkanes of at least 4 members (excludes halogenated alkanes) is 16. The van der Waals surface area contributed by atoms with Gasteiger partial charge in [-0.05, 0) is 42.9 Å². The van der Waals surface area contributed by atoms with E-state index in [9.17, 15) is 39.6 Å². The number of benzene rings is 1. The van der Waals surface area contributed by atoms with Gasteiger partial charge in [0.1, 0.15) is 10.5 Å². The van der Waals surface area contributed by atoms with E-state index in [0.29, 0.717) is 36.8 Å². The lowest BCUT2D eigenvalue weighted by molar-refractivity contribution is -0.137. The fourth-order valence-corrected chi connectivity index (χ4v) is 9.37. The van der Waals surface area contributed by atoms with Gasteiger partial charge in [-0.1, -0.05) is 149 Å². The summed E-state index contributed by atoms with van der Waals surface area (Å²) >= 11 is 2.49. The molecular weight excluding hydrogens is 673 g/mol. The molecule has 50 heavy (non-hydrogen) atoms. The van der Waals surface area contributed by atoms with Crippen molar-refractivity contribution in [1.82, 2.24) is 0 Å². The van der Waals surface area contributed by atoms with E-state index in [1.54, 1.807) is 6.07 Å². The molecule has 1 aromatic rings. The van der Waals surface area contributed by atoms with Crippen LogP contribution >= 0.6 is 23.5 Å². The average molecular weight is 739 g/mol. The van der Waals surface area contributed by atoms with Crippen LogP contribution in [0.15, 0.2) is 12.1 Å². The normalized spacial score (nSPS) is 13.8. The molecule has 10 heteroatoms. The Bertz CT molecular complexity index is 1140. The van der Waals surface area contributed by atoms with Crippen molar-refractivity contribution < 1.29 is 39.6 Å². The summed E-state index contributed by atoms with van der Waals surface area (Å²) in [5.41, 5.74) is 0.233. The third-order valence-electron chi connectivity index (χ3n) is 9.48. The Kier molecular flexibility index (Phi) is 25.2. The topological polar surface area (TPSA) is 149 Å². The van der Waals surface area contributed by atoms with E-state index in [1.807, 2.05) is 13.8 Å². The zero-order valence-corrected chi connectivity index (χ0v) is 32.9. The molecule has 0 aliphatic carbocycles. The van der Waals surface area contributed by atoms with Crippen LogP contribution < -0.4 is 0 Å². The van der Waals surface area contributed by atoms with Crippen molar-refractivity contribution >= 4 is 47.4 Å². The number of aromatic carboxylic acids is 2. The van der Waals surface area contributed by atoms with Crippen LogP contribution in [0.25, 0.3) is 0 Å². The Hall–Kier alpha value is -2.20. The second-order valence-corrected chi connectivity index (χ2v) is 16.4. The van der Waals surface area contributed by atoms with Crippen molar-refractivity contribution in [2.24, 2.45) is 0 Å². The molecule has 0 saturated heterocycles. The van der Waals surface area contributed by atoms with E-state index in [1.165, 1.54) is 93.8 Å². The van der Waals surface area contributed by atoms with Crippen molar-refractivity contribution in [2.45, 2.75) is 190 Å². The van der Waals surface area contributed by atoms with Crippen LogP contribution in [0.5, 0.6) is 0 Å². The minimum atomic E-state index is -1.38. The molecule has 0 aliphatic rings. The summed E-state index contributed by atoms with van der Waals surface area (Å²) in [7, 11) is 0. The maximum atomic E-state index is 12.7. The van der Waals surface area contributed by atoms with Gasteiger partial charge in [-0.25, -0.2) is 9.59 Å². The molecule has 4 N–H and O–H groups in total. The van der Waals surface area contributed by atoms with Crippen LogP contribution in [0.1, 0.15) is 211 Å². The molecule has 1 aromatic carbocycles. The zero-order chi connectivity index (χ0) is 37.3. The first kappa shape index (κ1) is 45.8. The van der Waals surface area contributed by atoms with Crippen LogP contribution in [0.2, 0.25) is 0 Å². The first-order valence-corrected chi connectivity index (χ1v) is 21.3. The fourth-order valence-electron chi connectivity index (χ4n) is 6.61. The highest BCUT2D eigenvalue weighted by Crippen LogP contribution is 2.47. The highest BCUT2D eigenvalue weighted by molar-refractivity contribution is 8.01. The summed E-state index contributed by atoms with van der Waals surface area (Å²) in [6.45, 7) is 8.17. The summed E-state index contributed by atoms with van der Waals surface area (Å²) in [6.07, 6.45) is 22.0. The number of aliphatic carboxylic acids is 2. The SMILES string of the molecule is CCCCCCCCCCCC(SC(CC)c1ccc(C(=O)O)c(C(=O)O)c1C(CC)SC(CCCCCCCCCCC)C(=O)O)C(=O)O. The monoisotopic (exact) mass is 738 g/mol. The highest BCUT2D eigenvalue weighted by Gasteiger charge is 2.34. The van der Waals surface area contributed by atoms with Crippen LogP contribution in [0.4, 0.5) is 0 Å². The van der Waals surface area contributed by atoms with Gasteiger partial charge in [-0.2, -0.15) is 0 Å². The molecule has 1 rings (SSSR count). The summed E-state index contributed by atoms with van der Waals surface area (Å²) in [6, 6.07) is 2.93. The number of carboxylic acids is 4. The van der Waals surface area contributed by atoms with Crippen LogP contribution in [-0.2, 0) is 9.59 Å². The van der Waals surface area contributed by atoms with Crippen molar-refractivity contribution in [2.75, 3.05) is 0 Å². The average Bonchev–Trinajstić information content (AvgIpc) is 3.08. The largest absolute Gasteiger partial charge is 0.480 e. The maximum Gasteiger partial charge on any atom is 0.336 e. The number of hydrogen-bond donors (Lipinski definition) is 4. The summed E-state index contributed by atoms with van der Waals surface area (Å²) < 4.78 is 0. The Morgan fingerprint density at radius 2 is 0.900 bits per heavy atom. The van der Waals surface area contributed by atoms with Gasteiger partial charge in [0.15, 0.2) is 0 Å². The van der Waals surface area contributed by atoms with Gasteiger partial charge >= 0.3 is 23.9 Å². The number of rotatable bonds is 32.